The monoisotopic (exact) mass is 313 g/mol. The van der Waals surface area contributed by atoms with Gasteiger partial charge in [-0.15, -0.1) is 0 Å². The predicted octanol–water partition coefficient (Wildman–Crippen LogP) is 1.83. The maximum atomic E-state index is 6.25. The van der Waals surface area contributed by atoms with Gasteiger partial charge in [-0.1, -0.05) is 0 Å². The Hall–Kier alpha value is -1.95. The van der Waals surface area contributed by atoms with Crippen LogP contribution in [0, 0.1) is 5.92 Å². The SMILES string of the molecule is Cn1cc(C[C@H]2[C@H](OCC3CC3)CCN2c2ncccn2)cn1. The van der Waals surface area contributed by atoms with Gasteiger partial charge in [-0.25, -0.2) is 9.97 Å². The van der Waals surface area contributed by atoms with E-state index in [4.69, 9.17) is 4.74 Å². The fourth-order valence-electron chi connectivity index (χ4n) is 3.31. The summed E-state index contributed by atoms with van der Waals surface area (Å²) in [5.74, 6) is 1.59. The molecular formula is C17H23N5O. The molecule has 6 nitrogen and oxygen atoms in total. The van der Waals surface area contributed by atoms with Gasteiger partial charge in [0.15, 0.2) is 0 Å². The molecule has 0 bridgehead atoms. The molecule has 2 fully saturated rings. The first kappa shape index (κ1) is 14.6. The molecule has 0 N–H and O–H groups in total. The molecule has 0 amide bonds. The molecule has 0 aromatic carbocycles. The van der Waals surface area contributed by atoms with Crippen LogP contribution in [0.1, 0.15) is 24.8 Å². The van der Waals surface area contributed by atoms with Gasteiger partial charge in [-0.05, 0) is 43.2 Å². The van der Waals surface area contributed by atoms with Crippen molar-refractivity contribution >= 4 is 5.95 Å². The standard InChI is InChI=1S/C17H23N5O/c1-21-11-14(10-20-21)9-15-16(23-12-13-3-4-13)5-8-22(15)17-18-6-2-7-19-17/h2,6-7,10-11,13,15-16H,3-5,8-9,12H2,1H3/t15-,16+/m0/s1. The second kappa shape index (κ2) is 6.28. The average molecular weight is 313 g/mol. The van der Waals surface area contributed by atoms with Gasteiger partial charge >= 0.3 is 0 Å². The zero-order valence-electron chi connectivity index (χ0n) is 13.5. The lowest BCUT2D eigenvalue weighted by atomic mass is 10.0. The third kappa shape index (κ3) is 3.37. The zero-order chi connectivity index (χ0) is 15.6. The molecule has 2 atom stereocenters. The minimum Gasteiger partial charge on any atom is -0.376 e. The molecule has 1 saturated heterocycles. The summed E-state index contributed by atoms with van der Waals surface area (Å²) < 4.78 is 8.10. The van der Waals surface area contributed by atoms with Crippen LogP contribution in [-0.2, 0) is 18.2 Å². The summed E-state index contributed by atoms with van der Waals surface area (Å²) in [7, 11) is 1.96. The van der Waals surface area contributed by atoms with Crippen molar-refractivity contribution in [2.24, 2.45) is 13.0 Å². The van der Waals surface area contributed by atoms with Gasteiger partial charge in [0.25, 0.3) is 0 Å². The van der Waals surface area contributed by atoms with Crippen LogP contribution in [0.5, 0.6) is 0 Å². The molecule has 2 aliphatic rings. The van der Waals surface area contributed by atoms with Crippen molar-refractivity contribution in [3.8, 4) is 0 Å². The van der Waals surface area contributed by atoms with Crippen LogP contribution in [0.4, 0.5) is 5.95 Å². The normalized spacial score (nSPS) is 24.3. The van der Waals surface area contributed by atoms with E-state index in [0.717, 1.165) is 37.9 Å². The second-order valence-corrected chi connectivity index (χ2v) is 6.64. The summed E-state index contributed by atoms with van der Waals surface area (Å²) in [6.07, 6.45) is 12.5. The summed E-state index contributed by atoms with van der Waals surface area (Å²) in [6, 6.07) is 2.14. The Morgan fingerprint density at radius 1 is 1.22 bits per heavy atom. The first-order chi connectivity index (χ1) is 11.3. The number of hydrogen-bond donors (Lipinski definition) is 0. The van der Waals surface area contributed by atoms with Crippen LogP contribution >= 0.6 is 0 Å². The molecule has 122 valence electrons. The van der Waals surface area contributed by atoms with Crippen LogP contribution in [0.15, 0.2) is 30.9 Å². The molecule has 3 heterocycles. The summed E-state index contributed by atoms with van der Waals surface area (Å²) in [4.78, 5) is 11.2. The largest absolute Gasteiger partial charge is 0.376 e. The highest BCUT2D eigenvalue weighted by Crippen LogP contribution is 2.32. The molecule has 1 aliphatic heterocycles. The molecule has 0 spiro atoms. The van der Waals surface area contributed by atoms with E-state index in [9.17, 15) is 0 Å². The van der Waals surface area contributed by atoms with E-state index in [2.05, 4.69) is 26.2 Å². The van der Waals surface area contributed by atoms with Crippen molar-refractivity contribution in [1.82, 2.24) is 19.7 Å². The number of anilines is 1. The Bertz CT molecular complexity index is 639. The number of nitrogens with zero attached hydrogens (tertiary/aromatic N) is 5. The van der Waals surface area contributed by atoms with Gasteiger partial charge in [-0.3, -0.25) is 4.68 Å². The minimum absolute atomic E-state index is 0.250. The van der Waals surface area contributed by atoms with Gasteiger partial charge in [-0.2, -0.15) is 5.10 Å². The summed E-state index contributed by atoms with van der Waals surface area (Å²) >= 11 is 0. The number of rotatable bonds is 6. The Morgan fingerprint density at radius 3 is 2.74 bits per heavy atom. The van der Waals surface area contributed by atoms with E-state index in [0.29, 0.717) is 0 Å². The quantitative estimate of drug-likeness (QED) is 0.814. The molecule has 1 aliphatic carbocycles. The lowest BCUT2D eigenvalue weighted by molar-refractivity contribution is 0.0406. The van der Waals surface area contributed by atoms with Crippen LogP contribution < -0.4 is 4.90 Å². The fraction of sp³-hybridized carbons (Fsp3) is 0.588. The first-order valence-electron chi connectivity index (χ1n) is 8.42. The van der Waals surface area contributed by atoms with E-state index in [1.807, 2.05) is 36.4 Å². The lowest BCUT2D eigenvalue weighted by Gasteiger charge is -2.28. The average Bonchev–Trinajstić information content (AvgIpc) is 3.19. The van der Waals surface area contributed by atoms with Gasteiger partial charge in [0.05, 0.1) is 18.3 Å². The maximum Gasteiger partial charge on any atom is 0.225 e. The molecule has 2 aromatic rings. The van der Waals surface area contributed by atoms with Crippen LogP contribution in [0.25, 0.3) is 0 Å². The van der Waals surface area contributed by atoms with Crippen molar-refractivity contribution < 1.29 is 4.74 Å². The van der Waals surface area contributed by atoms with Crippen LogP contribution in [0.3, 0.4) is 0 Å². The van der Waals surface area contributed by atoms with E-state index < -0.39 is 0 Å². The zero-order valence-corrected chi connectivity index (χ0v) is 13.5. The summed E-state index contributed by atoms with van der Waals surface area (Å²) in [5, 5.41) is 4.29. The van der Waals surface area contributed by atoms with Gasteiger partial charge in [0.1, 0.15) is 0 Å². The molecule has 2 aromatic heterocycles. The van der Waals surface area contributed by atoms with Crippen molar-refractivity contribution in [2.45, 2.75) is 37.8 Å². The Kier molecular flexibility index (Phi) is 3.99. The van der Waals surface area contributed by atoms with E-state index in [1.54, 1.807) is 0 Å². The first-order valence-corrected chi connectivity index (χ1v) is 8.42. The van der Waals surface area contributed by atoms with Crippen LogP contribution in [0.2, 0.25) is 0 Å². The predicted molar refractivity (Wildman–Crippen MR) is 87.2 cm³/mol. The third-order valence-corrected chi connectivity index (χ3v) is 4.74. The Labute approximate surface area is 136 Å². The number of hydrogen-bond acceptors (Lipinski definition) is 5. The van der Waals surface area contributed by atoms with Gasteiger partial charge in [0.2, 0.25) is 5.95 Å². The Balaban J connectivity index is 1.52. The molecule has 23 heavy (non-hydrogen) atoms. The third-order valence-electron chi connectivity index (χ3n) is 4.74. The number of aromatic nitrogens is 4. The van der Waals surface area contributed by atoms with Crippen molar-refractivity contribution in [3.05, 3.63) is 36.4 Å². The minimum atomic E-state index is 0.250. The highest BCUT2D eigenvalue weighted by Gasteiger charge is 2.37. The molecule has 1 saturated carbocycles. The molecule has 0 unspecified atom stereocenters. The van der Waals surface area contributed by atoms with E-state index in [1.165, 1.54) is 18.4 Å². The van der Waals surface area contributed by atoms with E-state index in [-0.39, 0.29) is 12.1 Å². The van der Waals surface area contributed by atoms with Crippen LogP contribution in [-0.4, -0.2) is 45.0 Å². The highest BCUT2D eigenvalue weighted by atomic mass is 16.5. The second-order valence-electron chi connectivity index (χ2n) is 6.64. The highest BCUT2D eigenvalue weighted by molar-refractivity contribution is 5.35. The maximum absolute atomic E-state index is 6.25. The summed E-state index contributed by atoms with van der Waals surface area (Å²) in [5.41, 5.74) is 1.24. The molecule has 6 heteroatoms. The molecule has 0 radical (unpaired) electrons. The van der Waals surface area contributed by atoms with Crippen molar-refractivity contribution in [3.63, 3.8) is 0 Å². The van der Waals surface area contributed by atoms with Gasteiger partial charge in [0, 0.05) is 38.8 Å². The molecule has 4 rings (SSSR count). The lowest BCUT2D eigenvalue weighted by Crippen LogP contribution is -2.39. The molecular weight excluding hydrogens is 290 g/mol. The fourth-order valence-corrected chi connectivity index (χ4v) is 3.31. The van der Waals surface area contributed by atoms with E-state index >= 15 is 0 Å². The summed E-state index contributed by atoms with van der Waals surface area (Å²) in [6.45, 7) is 1.85. The topological polar surface area (TPSA) is 56.1 Å². The number of aryl methyl sites for hydroxylation is 1. The Morgan fingerprint density at radius 2 is 2.04 bits per heavy atom. The van der Waals surface area contributed by atoms with Gasteiger partial charge < -0.3 is 9.64 Å². The smallest absolute Gasteiger partial charge is 0.225 e. The number of ether oxygens (including phenoxy) is 1. The van der Waals surface area contributed by atoms with Crippen molar-refractivity contribution in [2.75, 3.05) is 18.1 Å². The van der Waals surface area contributed by atoms with Crippen molar-refractivity contribution in [1.29, 1.82) is 0 Å².